The molecule has 9 heteroatoms. The number of hydrogen-bond acceptors (Lipinski definition) is 4. The van der Waals surface area contributed by atoms with E-state index in [0.717, 1.165) is 22.3 Å². The Balaban J connectivity index is 1.42. The predicted molar refractivity (Wildman–Crippen MR) is 115 cm³/mol. The number of ether oxygens (including phenoxy) is 1. The monoisotopic (exact) mass is 458 g/mol. The first-order valence-electron chi connectivity index (χ1n) is 10.7. The number of carbonyl (C=O) groups excluding carboxylic acids is 2. The number of likely N-dealkylation sites (tertiary alicyclic amines) is 1. The molecule has 1 saturated heterocycles. The number of amides is 2. The number of nitrogens with zero attached hydrogens (tertiary/aromatic N) is 1. The molecule has 1 fully saturated rings. The van der Waals surface area contributed by atoms with E-state index in [-0.39, 0.29) is 18.9 Å². The van der Waals surface area contributed by atoms with Crippen molar-refractivity contribution in [2.24, 2.45) is 0 Å². The number of carboxylic acid groups (broad SMARTS) is 1. The number of nitrogens with one attached hydrogen (secondary N) is 1. The maximum Gasteiger partial charge on any atom is 0.407 e. The SMILES string of the molecule is CC[C@H](NC(=O)OCC1c2ccccc2-c2ccccc21)C(=O)N1CC(F)(F)C[C@@H]1C(=O)O. The van der Waals surface area contributed by atoms with Gasteiger partial charge in [-0.3, -0.25) is 4.79 Å². The van der Waals surface area contributed by atoms with E-state index in [4.69, 9.17) is 4.74 Å². The zero-order valence-corrected chi connectivity index (χ0v) is 18.0. The number of carboxylic acids is 1. The van der Waals surface area contributed by atoms with E-state index >= 15 is 0 Å². The minimum atomic E-state index is -3.29. The molecule has 1 aliphatic carbocycles. The highest BCUT2D eigenvalue weighted by molar-refractivity contribution is 5.90. The van der Waals surface area contributed by atoms with E-state index in [9.17, 15) is 28.3 Å². The molecule has 4 rings (SSSR count). The Bertz CT molecular complexity index is 1040. The van der Waals surface area contributed by atoms with Crippen LogP contribution >= 0.6 is 0 Å². The van der Waals surface area contributed by atoms with Gasteiger partial charge in [0, 0.05) is 12.3 Å². The standard InChI is InChI=1S/C24H24F2N2O5/c1-2-19(21(29)28-13-24(25,26)11-20(28)22(30)31)27-23(32)33-12-18-16-9-5-3-7-14(16)15-8-4-6-10-17(15)18/h3-10,18-20H,2,11-13H2,1H3,(H,27,32)(H,30,31)/t19-,20+/m0/s1. The molecule has 0 spiro atoms. The molecule has 2 amide bonds. The molecular formula is C24H24F2N2O5. The molecule has 2 aliphatic rings. The number of fused-ring (bicyclic) bond motifs is 3. The van der Waals surface area contributed by atoms with Crippen molar-refractivity contribution in [3.8, 4) is 11.1 Å². The first-order chi connectivity index (χ1) is 15.7. The summed E-state index contributed by atoms with van der Waals surface area (Å²) in [6.45, 7) is 0.631. The van der Waals surface area contributed by atoms with Crippen molar-refractivity contribution in [1.29, 1.82) is 0 Å². The summed E-state index contributed by atoms with van der Waals surface area (Å²) in [5, 5.41) is 11.6. The first kappa shape index (κ1) is 22.7. The highest BCUT2D eigenvalue weighted by atomic mass is 19.3. The summed E-state index contributed by atoms with van der Waals surface area (Å²) in [7, 11) is 0. The third-order valence-corrected chi connectivity index (χ3v) is 6.18. The molecule has 0 radical (unpaired) electrons. The Morgan fingerprint density at radius 1 is 1.12 bits per heavy atom. The molecule has 1 aliphatic heterocycles. The molecule has 2 N–H and O–H groups in total. The number of carbonyl (C=O) groups is 3. The van der Waals surface area contributed by atoms with Gasteiger partial charge in [-0.1, -0.05) is 55.5 Å². The second-order valence-corrected chi connectivity index (χ2v) is 8.31. The topological polar surface area (TPSA) is 95.9 Å². The van der Waals surface area contributed by atoms with Crippen molar-refractivity contribution >= 4 is 18.0 Å². The van der Waals surface area contributed by atoms with Gasteiger partial charge in [0.05, 0.1) is 6.54 Å². The second-order valence-electron chi connectivity index (χ2n) is 8.31. The van der Waals surface area contributed by atoms with Crippen molar-refractivity contribution in [3.63, 3.8) is 0 Å². The molecule has 2 aromatic rings. The van der Waals surface area contributed by atoms with Crippen molar-refractivity contribution in [2.45, 2.75) is 43.7 Å². The first-order valence-corrected chi connectivity index (χ1v) is 10.7. The zero-order chi connectivity index (χ0) is 23.8. The smallest absolute Gasteiger partial charge is 0.407 e. The average molecular weight is 458 g/mol. The molecule has 1 heterocycles. The summed E-state index contributed by atoms with van der Waals surface area (Å²) in [6.07, 6.45) is -1.72. The molecule has 0 unspecified atom stereocenters. The number of aliphatic carboxylic acids is 1. The quantitative estimate of drug-likeness (QED) is 0.689. The summed E-state index contributed by atoms with van der Waals surface area (Å²) < 4.78 is 32.9. The Kier molecular flexibility index (Phi) is 6.05. The van der Waals surface area contributed by atoms with Crippen LogP contribution < -0.4 is 5.32 Å². The van der Waals surface area contributed by atoms with Crippen LogP contribution in [-0.4, -0.2) is 59.1 Å². The van der Waals surface area contributed by atoms with Crippen LogP contribution in [-0.2, 0) is 14.3 Å². The Hall–Kier alpha value is -3.49. The number of alkyl halides is 2. The van der Waals surface area contributed by atoms with E-state index in [1.165, 1.54) is 0 Å². The maximum atomic E-state index is 13.8. The van der Waals surface area contributed by atoms with Gasteiger partial charge in [0.15, 0.2) is 0 Å². The lowest BCUT2D eigenvalue weighted by molar-refractivity contribution is -0.149. The Morgan fingerprint density at radius 3 is 2.24 bits per heavy atom. The molecule has 174 valence electrons. The zero-order valence-electron chi connectivity index (χ0n) is 18.0. The minimum absolute atomic E-state index is 0.0318. The van der Waals surface area contributed by atoms with Gasteiger partial charge in [-0.2, -0.15) is 0 Å². The molecule has 0 bridgehead atoms. The van der Waals surface area contributed by atoms with E-state index in [1.807, 2.05) is 48.5 Å². The number of alkyl carbamates (subject to hydrolysis) is 1. The summed E-state index contributed by atoms with van der Waals surface area (Å²) >= 11 is 0. The van der Waals surface area contributed by atoms with E-state index in [2.05, 4.69) is 5.32 Å². The lowest BCUT2D eigenvalue weighted by Crippen LogP contribution is -2.51. The van der Waals surface area contributed by atoms with Gasteiger partial charge >= 0.3 is 12.1 Å². The summed E-state index contributed by atoms with van der Waals surface area (Å²) in [5.41, 5.74) is 4.19. The number of halogens is 2. The van der Waals surface area contributed by atoms with Crippen LogP contribution in [0.4, 0.5) is 13.6 Å². The Morgan fingerprint density at radius 2 is 1.70 bits per heavy atom. The van der Waals surface area contributed by atoms with Crippen molar-refractivity contribution in [2.75, 3.05) is 13.2 Å². The fourth-order valence-electron chi connectivity index (χ4n) is 4.59. The molecule has 7 nitrogen and oxygen atoms in total. The maximum absolute atomic E-state index is 13.8. The lowest BCUT2D eigenvalue weighted by atomic mass is 9.98. The number of hydrogen-bond donors (Lipinski definition) is 2. The van der Waals surface area contributed by atoms with Crippen LogP contribution in [0.2, 0.25) is 0 Å². The highest BCUT2D eigenvalue weighted by Crippen LogP contribution is 2.44. The fourth-order valence-corrected chi connectivity index (χ4v) is 4.59. The van der Waals surface area contributed by atoms with E-state index in [0.29, 0.717) is 4.90 Å². The normalized spacial score (nSPS) is 19.5. The van der Waals surface area contributed by atoms with Crippen LogP contribution in [0.5, 0.6) is 0 Å². The average Bonchev–Trinajstić information content (AvgIpc) is 3.30. The Labute approximate surface area is 189 Å². The highest BCUT2D eigenvalue weighted by Gasteiger charge is 2.51. The lowest BCUT2D eigenvalue weighted by Gasteiger charge is -2.26. The molecule has 2 aromatic carbocycles. The number of benzene rings is 2. The van der Waals surface area contributed by atoms with Gasteiger partial charge in [0.1, 0.15) is 18.7 Å². The van der Waals surface area contributed by atoms with Gasteiger partial charge in [-0.15, -0.1) is 0 Å². The van der Waals surface area contributed by atoms with Crippen LogP contribution in [0.1, 0.15) is 36.8 Å². The summed E-state index contributed by atoms with van der Waals surface area (Å²) in [5.74, 6) is -5.83. The van der Waals surface area contributed by atoms with Crippen LogP contribution in [0.15, 0.2) is 48.5 Å². The van der Waals surface area contributed by atoms with Gasteiger partial charge in [0.2, 0.25) is 5.91 Å². The van der Waals surface area contributed by atoms with Gasteiger partial charge < -0.3 is 20.1 Å². The van der Waals surface area contributed by atoms with Crippen molar-refractivity contribution < 1.29 is 33.0 Å². The minimum Gasteiger partial charge on any atom is -0.480 e. The largest absolute Gasteiger partial charge is 0.480 e. The third kappa shape index (κ3) is 4.40. The molecule has 0 saturated carbocycles. The van der Waals surface area contributed by atoms with Crippen molar-refractivity contribution in [1.82, 2.24) is 10.2 Å². The van der Waals surface area contributed by atoms with Gasteiger partial charge in [-0.05, 0) is 28.7 Å². The molecule has 0 aromatic heterocycles. The molecule has 2 atom stereocenters. The predicted octanol–water partition coefficient (Wildman–Crippen LogP) is 3.62. The molecule has 33 heavy (non-hydrogen) atoms. The van der Waals surface area contributed by atoms with Crippen LogP contribution in [0.3, 0.4) is 0 Å². The van der Waals surface area contributed by atoms with Crippen molar-refractivity contribution in [3.05, 3.63) is 59.7 Å². The van der Waals surface area contributed by atoms with Crippen LogP contribution in [0, 0.1) is 0 Å². The second kappa shape index (κ2) is 8.80. The van der Waals surface area contributed by atoms with Gasteiger partial charge in [0.25, 0.3) is 5.92 Å². The van der Waals surface area contributed by atoms with E-state index in [1.54, 1.807) is 6.92 Å². The summed E-state index contributed by atoms with van der Waals surface area (Å²) in [4.78, 5) is 37.2. The third-order valence-electron chi connectivity index (χ3n) is 6.18. The van der Waals surface area contributed by atoms with Gasteiger partial charge in [-0.25, -0.2) is 18.4 Å². The fraction of sp³-hybridized carbons (Fsp3) is 0.375. The number of rotatable bonds is 6. The summed E-state index contributed by atoms with van der Waals surface area (Å²) in [6, 6.07) is 12.9. The van der Waals surface area contributed by atoms with Crippen LogP contribution in [0.25, 0.3) is 11.1 Å². The molecular weight excluding hydrogens is 434 g/mol. The van der Waals surface area contributed by atoms with E-state index < -0.39 is 48.9 Å².